The van der Waals surface area contributed by atoms with Gasteiger partial charge in [-0.3, -0.25) is 14.4 Å². The molecular formula is C9H16N2O4. The molecule has 2 amide bonds. The Morgan fingerprint density at radius 3 is 2.27 bits per heavy atom. The fourth-order valence-electron chi connectivity index (χ4n) is 0.797. The molecule has 86 valence electrons. The molecule has 0 rings (SSSR count). The van der Waals surface area contributed by atoms with Crippen LogP contribution < -0.4 is 11.1 Å². The van der Waals surface area contributed by atoms with Crippen LogP contribution >= 0.6 is 0 Å². The van der Waals surface area contributed by atoms with Gasteiger partial charge in [-0.1, -0.05) is 0 Å². The first-order valence-corrected chi connectivity index (χ1v) is 4.56. The lowest BCUT2D eigenvalue weighted by molar-refractivity contribution is -0.147. The minimum atomic E-state index is -1.16. The first kappa shape index (κ1) is 13.4. The first-order chi connectivity index (χ1) is 6.79. The zero-order valence-corrected chi connectivity index (χ0v) is 9.12. The van der Waals surface area contributed by atoms with E-state index in [1.165, 1.54) is 13.8 Å². The maximum atomic E-state index is 11.2. The molecule has 0 heterocycles. The van der Waals surface area contributed by atoms with Crippen LogP contribution in [0.5, 0.6) is 0 Å². The smallest absolute Gasteiger partial charge is 0.315 e. The van der Waals surface area contributed by atoms with Crippen LogP contribution in [0.3, 0.4) is 0 Å². The van der Waals surface area contributed by atoms with E-state index in [1.54, 1.807) is 6.92 Å². The van der Waals surface area contributed by atoms with Crippen molar-refractivity contribution >= 4 is 17.8 Å². The summed E-state index contributed by atoms with van der Waals surface area (Å²) in [6.45, 7) is 4.77. The van der Waals surface area contributed by atoms with Crippen molar-refractivity contribution in [3.8, 4) is 0 Å². The second kappa shape index (κ2) is 5.33. The number of nitrogens with two attached hydrogens (primary N) is 1. The number of hydrogen-bond donors (Lipinski definition) is 2. The molecule has 0 aliphatic rings. The van der Waals surface area contributed by atoms with E-state index in [0.29, 0.717) is 0 Å². The molecule has 15 heavy (non-hydrogen) atoms. The molecule has 0 spiro atoms. The lowest BCUT2D eigenvalue weighted by Gasteiger charge is -2.21. The van der Waals surface area contributed by atoms with Crippen LogP contribution in [0.15, 0.2) is 0 Å². The minimum Gasteiger partial charge on any atom is -0.466 e. The van der Waals surface area contributed by atoms with Crippen LogP contribution in [0.1, 0.15) is 27.2 Å². The Hall–Kier alpha value is -1.59. The summed E-state index contributed by atoms with van der Waals surface area (Å²) in [5, 5.41) is 2.33. The van der Waals surface area contributed by atoms with Crippen LogP contribution in [0.2, 0.25) is 0 Å². The number of rotatable bonds is 5. The Morgan fingerprint density at radius 1 is 1.33 bits per heavy atom. The van der Waals surface area contributed by atoms with Crippen molar-refractivity contribution < 1.29 is 19.1 Å². The summed E-state index contributed by atoms with van der Waals surface area (Å²) in [6.07, 6.45) is -0.412. The van der Waals surface area contributed by atoms with E-state index >= 15 is 0 Å². The third-order valence-electron chi connectivity index (χ3n) is 1.68. The number of carbonyl (C=O) groups is 3. The van der Waals surface area contributed by atoms with Crippen molar-refractivity contribution in [2.45, 2.75) is 32.7 Å². The molecule has 6 heteroatoms. The van der Waals surface area contributed by atoms with Crippen molar-refractivity contribution in [2.24, 2.45) is 5.73 Å². The van der Waals surface area contributed by atoms with Crippen LogP contribution in [0.25, 0.3) is 0 Å². The molecule has 0 aliphatic heterocycles. The van der Waals surface area contributed by atoms with Gasteiger partial charge in [-0.05, 0) is 20.8 Å². The number of esters is 1. The third-order valence-corrected chi connectivity index (χ3v) is 1.68. The van der Waals surface area contributed by atoms with Crippen molar-refractivity contribution in [3.63, 3.8) is 0 Å². The Balaban J connectivity index is 4.15. The quantitative estimate of drug-likeness (QED) is 0.470. The van der Waals surface area contributed by atoms with Gasteiger partial charge in [0.05, 0.1) is 6.61 Å². The molecular weight excluding hydrogens is 200 g/mol. The Labute approximate surface area is 88.1 Å². The highest BCUT2D eigenvalue weighted by Crippen LogP contribution is 2.01. The van der Waals surface area contributed by atoms with E-state index in [2.05, 4.69) is 10.1 Å². The topological polar surface area (TPSA) is 98.5 Å². The molecule has 0 unspecified atom stereocenters. The second-order valence-electron chi connectivity index (χ2n) is 3.52. The summed E-state index contributed by atoms with van der Waals surface area (Å²) in [5.41, 5.74) is 3.88. The highest BCUT2D eigenvalue weighted by molar-refractivity contribution is 5.97. The van der Waals surface area contributed by atoms with Gasteiger partial charge in [0.15, 0.2) is 0 Å². The van der Waals surface area contributed by atoms with Gasteiger partial charge in [0.2, 0.25) is 11.8 Å². The lowest BCUT2D eigenvalue weighted by atomic mass is 10.1. The van der Waals surface area contributed by atoms with E-state index in [-0.39, 0.29) is 6.61 Å². The van der Waals surface area contributed by atoms with Crippen molar-refractivity contribution in [2.75, 3.05) is 6.61 Å². The summed E-state index contributed by atoms with van der Waals surface area (Å²) in [6, 6.07) is 0. The van der Waals surface area contributed by atoms with Gasteiger partial charge in [0.25, 0.3) is 0 Å². The lowest BCUT2D eigenvalue weighted by Crippen LogP contribution is -2.53. The molecule has 0 bridgehead atoms. The number of amides is 2. The zero-order chi connectivity index (χ0) is 12.1. The van der Waals surface area contributed by atoms with Gasteiger partial charge < -0.3 is 15.8 Å². The van der Waals surface area contributed by atoms with Crippen LogP contribution in [0.4, 0.5) is 0 Å². The Morgan fingerprint density at radius 2 is 1.87 bits per heavy atom. The molecule has 0 saturated carbocycles. The van der Waals surface area contributed by atoms with E-state index in [1.807, 2.05) is 0 Å². The predicted octanol–water partition coefficient (Wildman–Crippen LogP) is -0.680. The van der Waals surface area contributed by atoms with Crippen molar-refractivity contribution in [1.29, 1.82) is 0 Å². The number of hydrogen-bond acceptors (Lipinski definition) is 4. The molecule has 0 aromatic rings. The summed E-state index contributed by atoms with van der Waals surface area (Å²) < 4.78 is 4.57. The molecule has 0 aliphatic carbocycles. The summed E-state index contributed by atoms with van der Waals surface area (Å²) in [7, 11) is 0. The van der Waals surface area contributed by atoms with Gasteiger partial charge in [0, 0.05) is 0 Å². The molecule has 0 radical (unpaired) electrons. The van der Waals surface area contributed by atoms with Crippen LogP contribution in [0, 0.1) is 0 Å². The van der Waals surface area contributed by atoms with Crippen molar-refractivity contribution in [1.82, 2.24) is 5.32 Å². The SMILES string of the molecule is CCOC(=O)CC(=O)NC(C)(C)C(N)=O. The normalized spacial score (nSPS) is 10.6. The number of ether oxygens (including phenoxy) is 1. The molecule has 0 saturated heterocycles. The largest absolute Gasteiger partial charge is 0.466 e. The maximum absolute atomic E-state index is 11.2. The standard InChI is InChI=1S/C9H16N2O4/c1-4-15-7(13)5-6(12)11-9(2,3)8(10)14/h4-5H2,1-3H3,(H2,10,14)(H,11,12). The van der Waals surface area contributed by atoms with E-state index in [0.717, 1.165) is 0 Å². The average Bonchev–Trinajstić information content (AvgIpc) is 2.02. The van der Waals surface area contributed by atoms with Gasteiger partial charge in [-0.25, -0.2) is 0 Å². The van der Waals surface area contributed by atoms with Gasteiger partial charge >= 0.3 is 5.97 Å². The average molecular weight is 216 g/mol. The third kappa shape index (κ3) is 4.99. The number of carbonyl (C=O) groups excluding carboxylic acids is 3. The molecule has 0 atom stereocenters. The Kier molecular flexibility index (Phi) is 4.77. The molecule has 0 aromatic carbocycles. The first-order valence-electron chi connectivity index (χ1n) is 4.56. The number of primary amides is 1. The monoisotopic (exact) mass is 216 g/mol. The summed E-state index contributed by atoms with van der Waals surface area (Å²) >= 11 is 0. The van der Waals surface area contributed by atoms with Gasteiger partial charge in [-0.2, -0.15) is 0 Å². The molecule has 0 fully saturated rings. The van der Waals surface area contributed by atoms with Crippen molar-refractivity contribution in [3.05, 3.63) is 0 Å². The fraction of sp³-hybridized carbons (Fsp3) is 0.667. The Bertz CT molecular complexity index is 273. The second-order valence-corrected chi connectivity index (χ2v) is 3.52. The maximum Gasteiger partial charge on any atom is 0.315 e. The van der Waals surface area contributed by atoms with Gasteiger partial charge in [-0.15, -0.1) is 0 Å². The zero-order valence-electron chi connectivity index (χ0n) is 9.12. The van der Waals surface area contributed by atoms with Crippen LogP contribution in [-0.4, -0.2) is 29.9 Å². The molecule has 6 nitrogen and oxygen atoms in total. The summed E-state index contributed by atoms with van der Waals surface area (Å²) in [4.78, 5) is 33.0. The number of nitrogens with one attached hydrogen (secondary N) is 1. The highest BCUT2D eigenvalue weighted by Gasteiger charge is 2.27. The van der Waals surface area contributed by atoms with E-state index in [9.17, 15) is 14.4 Å². The van der Waals surface area contributed by atoms with Crippen LogP contribution in [-0.2, 0) is 19.1 Å². The van der Waals surface area contributed by atoms with E-state index < -0.39 is 29.7 Å². The molecule has 3 N–H and O–H groups in total. The minimum absolute atomic E-state index is 0.214. The molecule has 0 aromatic heterocycles. The predicted molar refractivity (Wildman–Crippen MR) is 52.7 cm³/mol. The summed E-state index contributed by atoms with van der Waals surface area (Å²) in [5.74, 6) is -1.88. The fourth-order valence-corrected chi connectivity index (χ4v) is 0.797. The highest BCUT2D eigenvalue weighted by atomic mass is 16.5. The van der Waals surface area contributed by atoms with E-state index in [4.69, 9.17) is 5.73 Å². The van der Waals surface area contributed by atoms with Gasteiger partial charge in [0.1, 0.15) is 12.0 Å².